The Morgan fingerprint density at radius 2 is 2.09 bits per heavy atom. The Hall–Kier alpha value is -3.92. The van der Waals surface area contributed by atoms with E-state index < -0.39 is 0 Å². The van der Waals surface area contributed by atoms with Crippen LogP contribution in [0.4, 0.5) is 0 Å². The number of aliphatic hydroxyl groups is 1. The Labute approximate surface area is 203 Å². The highest BCUT2D eigenvalue weighted by Crippen LogP contribution is 2.31. The summed E-state index contributed by atoms with van der Waals surface area (Å²) in [6.45, 7) is 11.8. The molecule has 1 aliphatic heterocycles. The summed E-state index contributed by atoms with van der Waals surface area (Å²) in [4.78, 5) is 0. The van der Waals surface area contributed by atoms with Crippen LogP contribution < -0.4 is 16.4 Å². The second-order valence-corrected chi connectivity index (χ2v) is 8.47. The lowest BCUT2D eigenvalue weighted by atomic mass is 9.98. The van der Waals surface area contributed by atoms with Crippen LogP contribution in [0.1, 0.15) is 44.2 Å². The summed E-state index contributed by atoms with van der Waals surface area (Å²) < 4.78 is 0. The Morgan fingerprint density at radius 1 is 1.26 bits per heavy atom. The monoisotopic (exact) mass is 453 g/mol. The number of hydrogen-bond acceptors (Lipinski definition) is 4. The van der Waals surface area contributed by atoms with Crippen molar-refractivity contribution < 1.29 is 5.11 Å². The molecule has 1 unspecified atom stereocenters. The maximum absolute atomic E-state index is 9.27. The van der Waals surface area contributed by atoms with E-state index in [1.54, 1.807) is 12.3 Å². The van der Waals surface area contributed by atoms with Crippen LogP contribution in [-0.2, 0) is 0 Å². The van der Waals surface area contributed by atoms with E-state index in [2.05, 4.69) is 67.2 Å². The van der Waals surface area contributed by atoms with Crippen molar-refractivity contribution in [3.8, 4) is 0 Å². The summed E-state index contributed by atoms with van der Waals surface area (Å²) >= 11 is 0. The average molecular weight is 454 g/mol. The highest BCUT2D eigenvalue weighted by molar-refractivity contribution is 5.73. The molecule has 0 saturated carbocycles. The molecule has 0 saturated heterocycles. The van der Waals surface area contributed by atoms with Gasteiger partial charge in [0.1, 0.15) is 6.17 Å². The first kappa shape index (κ1) is 24.7. The van der Waals surface area contributed by atoms with E-state index in [1.807, 2.05) is 31.2 Å². The number of aliphatic hydroxyl groups excluding tert-OH is 1. The summed E-state index contributed by atoms with van der Waals surface area (Å²) in [5, 5.41) is 16.2. The van der Waals surface area contributed by atoms with Crippen molar-refractivity contribution in [2.24, 2.45) is 5.73 Å². The third kappa shape index (κ3) is 6.10. The summed E-state index contributed by atoms with van der Waals surface area (Å²) in [7, 11) is 0. The van der Waals surface area contributed by atoms with Gasteiger partial charge < -0.3 is 21.5 Å². The molecule has 3 rings (SSSR count). The van der Waals surface area contributed by atoms with Crippen molar-refractivity contribution in [1.82, 2.24) is 10.6 Å². The molecule has 5 N–H and O–H groups in total. The van der Waals surface area contributed by atoms with Crippen LogP contribution in [0.3, 0.4) is 0 Å². The fourth-order valence-electron chi connectivity index (χ4n) is 4.03. The molecule has 1 aliphatic carbocycles. The van der Waals surface area contributed by atoms with Crippen LogP contribution in [0.2, 0.25) is 0 Å². The first-order chi connectivity index (χ1) is 16.5. The molecular weight excluding hydrogens is 418 g/mol. The maximum Gasteiger partial charge on any atom is 0.123 e. The molecule has 0 aromatic heterocycles. The molecule has 4 nitrogen and oxygen atoms in total. The summed E-state index contributed by atoms with van der Waals surface area (Å²) in [5.74, 6) is 0. The predicted octanol–water partition coefficient (Wildman–Crippen LogP) is 6.55. The van der Waals surface area contributed by atoms with Gasteiger partial charge in [0.2, 0.25) is 0 Å². The van der Waals surface area contributed by atoms with Gasteiger partial charge in [0, 0.05) is 24.0 Å². The zero-order valence-corrected chi connectivity index (χ0v) is 20.1. The second-order valence-electron chi connectivity index (χ2n) is 8.47. The molecule has 1 atom stereocenters. The number of nitrogens with two attached hydrogens (primary N) is 1. The number of rotatable bonds is 8. The highest BCUT2D eigenvalue weighted by atomic mass is 16.2. The third-order valence-corrected chi connectivity index (χ3v) is 6.22. The van der Waals surface area contributed by atoms with Crippen LogP contribution in [0, 0.1) is 0 Å². The topological polar surface area (TPSA) is 70.3 Å². The Kier molecular flexibility index (Phi) is 8.58. The third-order valence-electron chi connectivity index (χ3n) is 6.22. The lowest BCUT2D eigenvalue weighted by Gasteiger charge is -2.24. The van der Waals surface area contributed by atoms with E-state index in [0.717, 1.165) is 53.5 Å². The molecule has 0 radical (unpaired) electrons. The molecule has 0 fully saturated rings. The minimum Gasteiger partial charge on any atom is -0.514 e. The fourth-order valence-corrected chi connectivity index (χ4v) is 4.03. The van der Waals surface area contributed by atoms with Crippen molar-refractivity contribution in [2.75, 3.05) is 0 Å². The maximum atomic E-state index is 9.27. The van der Waals surface area contributed by atoms with Crippen LogP contribution in [0.15, 0.2) is 120 Å². The predicted molar refractivity (Wildman–Crippen MR) is 145 cm³/mol. The zero-order valence-electron chi connectivity index (χ0n) is 20.1. The number of nitrogens with one attached hydrogen (secondary N) is 2. The largest absolute Gasteiger partial charge is 0.514 e. The lowest BCUT2D eigenvalue weighted by Crippen LogP contribution is -2.39. The highest BCUT2D eigenvalue weighted by Gasteiger charge is 2.22. The first-order valence-corrected chi connectivity index (χ1v) is 11.6. The van der Waals surface area contributed by atoms with E-state index >= 15 is 0 Å². The SMILES string of the molecule is C=C/C(C)=C(N)\C=C/CC1=CC2=C(CC=C1C)NC(N/C=C/O)C(c1cccc(C=C)c1)=CC2. The summed E-state index contributed by atoms with van der Waals surface area (Å²) in [6.07, 6.45) is 19.4. The molecule has 0 bridgehead atoms. The second kappa shape index (κ2) is 11.8. The van der Waals surface area contributed by atoms with Crippen molar-refractivity contribution in [2.45, 2.75) is 39.3 Å². The molecule has 34 heavy (non-hydrogen) atoms. The first-order valence-electron chi connectivity index (χ1n) is 11.6. The number of benzene rings is 1. The van der Waals surface area contributed by atoms with Gasteiger partial charge in [-0.1, -0.05) is 73.4 Å². The van der Waals surface area contributed by atoms with Gasteiger partial charge >= 0.3 is 0 Å². The molecule has 2 aliphatic rings. The standard InChI is InChI=1S/C30H35N3O/c1-5-21(3)28(31)12-8-10-24-20-26-14-15-27(25-11-7-9-23(6-2)19-25)30(32-17-18-34)33-29(26)16-13-22(24)4/h5-9,11-13,15,17-20,30,32-34H,1-2,10,14,16,31H2,3-4H3/b12-8-,18-17+,28-21+. The molecule has 1 heterocycles. The van der Waals surface area contributed by atoms with Gasteiger partial charge in [0.05, 0.1) is 6.26 Å². The normalized spacial score (nSPS) is 19.2. The van der Waals surface area contributed by atoms with Crippen molar-refractivity contribution in [3.05, 3.63) is 131 Å². The Morgan fingerprint density at radius 3 is 2.82 bits per heavy atom. The summed E-state index contributed by atoms with van der Waals surface area (Å²) in [6, 6.07) is 8.32. The van der Waals surface area contributed by atoms with Crippen LogP contribution >= 0.6 is 0 Å². The molecule has 176 valence electrons. The fraction of sp³-hybridized carbons (Fsp3) is 0.200. The van der Waals surface area contributed by atoms with E-state index in [0.29, 0.717) is 0 Å². The van der Waals surface area contributed by atoms with Crippen molar-refractivity contribution in [1.29, 1.82) is 0 Å². The molecule has 4 heteroatoms. The van der Waals surface area contributed by atoms with E-state index in [4.69, 9.17) is 5.73 Å². The van der Waals surface area contributed by atoms with Gasteiger partial charge in [0.15, 0.2) is 0 Å². The van der Waals surface area contributed by atoms with Gasteiger partial charge in [-0.25, -0.2) is 0 Å². The minimum atomic E-state index is -0.175. The van der Waals surface area contributed by atoms with Crippen molar-refractivity contribution in [3.63, 3.8) is 0 Å². The van der Waals surface area contributed by atoms with Crippen molar-refractivity contribution >= 4 is 11.6 Å². The molecule has 0 amide bonds. The number of allylic oxidation sites excluding steroid dienone is 10. The van der Waals surface area contributed by atoms with Crippen LogP contribution in [0.25, 0.3) is 11.6 Å². The Balaban J connectivity index is 1.94. The van der Waals surface area contributed by atoms with Crippen LogP contribution in [-0.4, -0.2) is 11.3 Å². The zero-order chi connectivity index (χ0) is 24.5. The van der Waals surface area contributed by atoms with Gasteiger partial charge in [-0.2, -0.15) is 0 Å². The van der Waals surface area contributed by atoms with Gasteiger partial charge in [-0.3, -0.25) is 0 Å². The average Bonchev–Trinajstić information content (AvgIpc) is 3.12. The van der Waals surface area contributed by atoms with Gasteiger partial charge in [-0.15, -0.1) is 0 Å². The summed E-state index contributed by atoms with van der Waals surface area (Å²) in [5.41, 5.74) is 16.1. The van der Waals surface area contributed by atoms with Gasteiger partial charge in [-0.05, 0) is 72.3 Å². The van der Waals surface area contributed by atoms with Crippen LogP contribution in [0.5, 0.6) is 0 Å². The Bertz CT molecular complexity index is 1160. The smallest absolute Gasteiger partial charge is 0.123 e. The van der Waals surface area contributed by atoms with E-state index in [1.165, 1.54) is 22.4 Å². The minimum absolute atomic E-state index is 0.175. The molecule has 1 aromatic rings. The number of hydrogen-bond donors (Lipinski definition) is 4. The molecule has 0 spiro atoms. The molecule has 1 aromatic carbocycles. The lowest BCUT2D eigenvalue weighted by molar-refractivity contribution is 0.465. The molecular formula is C30H35N3O. The van der Waals surface area contributed by atoms with E-state index in [9.17, 15) is 5.11 Å². The van der Waals surface area contributed by atoms with E-state index in [-0.39, 0.29) is 6.17 Å². The quantitative estimate of drug-likeness (QED) is 0.266. The van der Waals surface area contributed by atoms with Gasteiger partial charge in [0.25, 0.3) is 0 Å².